The number of benzene rings is 1. The Morgan fingerprint density at radius 2 is 1.88 bits per heavy atom. The summed E-state index contributed by atoms with van der Waals surface area (Å²) in [5, 5.41) is 12.1. The molecule has 0 unspecified atom stereocenters. The van der Waals surface area contributed by atoms with Crippen LogP contribution in [0, 0.1) is 5.92 Å². The molecule has 1 aromatic carbocycles. The van der Waals surface area contributed by atoms with Gasteiger partial charge in [0.25, 0.3) is 0 Å². The van der Waals surface area contributed by atoms with Crippen LogP contribution in [0.1, 0.15) is 55.4 Å². The van der Waals surface area contributed by atoms with E-state index < -0.39 is 0 Å². The Morgan fingerprint density at radius 1 is 1.15 bits per heavy atom. The average Bonchev–Trinajstić information content (AvgIpc) is 3.04. The summed E-state index contributed by atoms with van der Waals surface area (Å²) in [5.74, 6) is 0.936. The van der Waals surface area contributed by atoms with Gasteiger partial charge in [0.15, 0.2) is 5.78 Å². The lowest BCUT2D eigenvalue weighted by Crippen LogP contribution is -2.13. The third-order valence-corrected chi connectivity index (χ3v) is 4.39. The monoisotopic (exact) mass is 375 g/mol. The van der Waals surface area contributed by atoms with Crippen molar-refractivity contribution in [2.75, 3.05) is 11.9 Å². The highest BCUT2D eigenvalue weighted by molar-refractivity contribution is 7.15. The number of ketones is 1. The maximum atomic E-state index is 12.2. The number of ether oxygens (including phenoxy) is 1. The van der Waals surface area contributed by atoms with Gasteiger partial charge in [-0.15, -0.1) is 10.2 Å². The number of hydrogen-bond donors (Lipinski definition) is 1. The maximum absolute atomic E-state index is 12.2. The predicted octanol–water partition coefficient (Wildman–Crippen LogP) is 4.13. The molecule has 26 heavy (non-hydrogen) atoms. The van der Waals surface area contributed by atoms with E-state index >= 15 is 0 Å². The molecule has 1 N–H and O–H groups in total. The fraction of sp³-hybridized carbons (Fsp3) is 0.474. The van der Waals surface area contributed by atoms with Gasteiger partial charge in [0.2, 0.25) is 11.0 Å². The van der Waals surface area contributed by atoms with Gasteiger partial charge in [0.05, 0.1) is 6.61 Å². The van der Waals surface area contributed by atoms with Crippen LogP contribution in [0.15, 0.2) is 24.3 Å². The van der Waals surface area contributed by atoms with E-state index in [4.69, 9.17) is 4.74 Å². The van der Waals surface area contributed by atoms with Crippen LogP contribution in [-0.2, 0) is 11.2 Å². The lowest BCUT2D eigenvalue weighted by Gasteiger charge is -2.05. The summed E-state index contributed by atoms with van der Waals surface area (Å²) in [6.07, 6.45) is 2.04. The van der Waals surface area contributed by atoms with E-state index in [-0.39, 0.29) is 24.5 Å². The van der Waals surface area contributed by atoms with Gasteiger partial charge < -0.3 is 10.1 Å². The number of carbonyl (C=O) groups excluding carboxylic acids is 2. The fourth-order valence-electron chi connectivity index (χ4n) is 2.25. The largest absolute Gasteiger partial charge is 0.494 e. The van der Waals surface area contributed by atoms with E-state index in [1.54, 1.807) is 24.3 Å². The molecule has 7 heteroatoms. The minimum absolute atomic E-state index is 0.0695. The molecule has 0 bridgehead atoms. The smallest absolute Gasteiger partial charge is 0.226 e. The molecule has 140 valence electrons. The van der Waals surface area contributed by atoms with Gasteiger partial charge >= 0.3 is 0 Å². The van der Waals surface area contributed by atoms with Crippen molar-refractivity contribution in [2.24, 2.45) is 5.92 Å². The first kappa shape index (κ1) is 20.0. The van der Waals surface area contributed by atoms with Crippen molar-refractivity contribution in [1.82, 2.24) is 10.2 Å². The van der Waals surface area contributed by atoms with E-state index in [2.05, 4.69) is 29.4 Å². The lowest BCUT2D eigenvalue weighted by atomic mass is 10.1. The molecule has 2 aromatic rings. The first-order valence-corrected chi connectivity index (χ1v) is 9.68. The summed E-state index contributed by atoms with van der Waals surface area (Å²) < 4.78 is 5.49. The second-order valence-electron chi connectivity index (χ2n) is 6.44. The first-order valence-electron chi connectivity index (χ1n) is 8.86. The van der Waals surface area contributed by atoms with E-state index in [0.717, 1.165) is 23.6 Å². The van der Waals surface area contributed by atoms with Crippen LogP contribution in [0.4, 0.5) is 5.13 Å². The zero-order valence-electron chi connectivity index (χ0n) is 15.4. The third-order valence-electron chi connectivity index (χ3n) is 3.52. The number of anilines is 1. The van der Waals surface area contributed by atoms with Gasteiger partial charge in [-0.05, 0) is 36.6 Å². The Hall–Kier alpha value is -2.28. The van der Waals surface area contributed by atoms with E-state index in [0.29, 0.717) is 23.2 Å². The molecule has 0 spiro atoms. The number of aromatic nitrogens is 2. The predicted molar refractivity (Wildman–Crippen MR) is 103 cm³/mol. The molecule has 0 atom stereocenters. The summed E-state index contributed by atoms with van der Waals surface area (Å²) in [7, 11) is 0. The molecular weight excluding hydrogens is 350 g/mol. The quantitative estimate of drug-likeness (QED) is 0.632. The summed E-state index contributed by atoms with van der Waals surface area (Å²) >= 11 is 1.38. The van der Waals surface area contributed by atoms with E-state index in [9.17, 15) is 9.59 Å². The number of nitrogens with zero attached hydrogens (tertiary/aromatic N) is 2. The van der Waals surface area contributed by atoms with Crippen molar-refractivity contribution in [3.05, 3.63) is 34.8 Å². The highest BCUT2D eigenvalue weighted by Crippen LogP contribution is 2.19. The zero-order chi connectivity index (χ0) is 18.9. The maximum Gasteiger partial charge on any atom is 0.226 e. The number of amides is 1. The van der Waals surface area contributed by atoms with E-state index in [1.807, 2.05) is 6.92 Å². The average molecular weight is 375 g/mol. The second kappa shape index (κ2) is 10.0. The lowest BCUT2D eigenvalue weighted by molar-refractivity contribution is -0.116. The molecule has 0 radical (unpaired) electrons. The Balaban J connectivity index is 1.79. The zero-order valence-corrected chi connectivity index (χ0v) is 16.3. The molecule has 0 saturated carbocycles. The highest BCUT2D eigenvalue weighted by atomic mass is 32.1. The van der Waals surface area contributed by atoms with Gasteiger partial charge in [0, 0.05) is 24.8 Å². The molecule has 0 aliphatic carbocycles. The van der Waals surface area contributed by atoms with Crippen molar-refractivity contribution in [3.63, 3.8) is 0 Å². The molecule has 0 saturated heterocycles. The first-order chi connectivity index (χ1) is 12.5. The van der Waals surface area contributed by atoms with Gasteiger partial charge in [-0.25, -0.2) is 0 Å². The van der Waals surface area contributed by atoms with Crippen molar-refractivity contribution in [3.8, 4) is 5.75 Å². The third kappa shape index (κ3) is 6.55. The van der Waals surface area contributed by atoms with Crippen LogP contribution in [0.25, 0.3) is 0 Å². The van der Waals surface area contributed by atoms with Crippen molar-refractivity contribution >= 4 is 28.2 Å². The van der Waals surface area contributed by atoms with Crippen molar-refractivity contribution in [2.45, 2.75) is 46.5 Å². The molecule has 6 nitrogen and oxygen atoms in total. The number of Topliss-reactive ketones (excluding diaryl/α,β-unsaturated/α-hetero) is 1. The van der Waals surface area contributed by atoms with Gasteiger partial charge in [-0.3, -0.25) is 9.59 Å². The Morgan fingerprint density at radius 3 is 2.54 bits per heavy atom. The molecule has 0 aliphatic heterocycles. The SMILES string of the molecule is CCCOc1ccc(C(=O)CCC(=O)Nc2nnc(CC(C)C)s2)cc1. The summed E-state index contributed by atoms with van der Waals surface area (Å²) in [5.41, 5.74) is 0.580. The highest BCUT2D eigenvalue weighted by Gasteiger charge is 2.12. The molecule has 1 aromatic heterocycles. The molecule has 0 fully saturated rings. The van der Waals surface area contributed by atoms with Crippen LogP contribution >= 0.6 is 11.3 Å². The van der Waals surface area contributed by atoms with Crippen molar-refractivity contribution in [1.29, 1.82) is 0 Å². The van der Waals surface area contributed by atoms with Crippen LogP contribution in [0.5, 0.6) is 5.75 Å². The normalized spacial score (nSPS) is 10.8. The summed E-state index contributed by atoms with van der Waals surface area (Å²) in [6, 6.07) is 7.02. The van der Waals surface area contributed by atoms with Crippen LogP contribution < -0.4 is 10.1 Å². The minimum atomic E-state index is -0.228. The molecule has 2 rings (SSSR count). The Kier molecular flexibility index (Phi) is 7.72. The van der Waals surface area contributed by atoms with E-state index in [1.165, 1.54) is 11.3 Å². The summed E-state index contributed by atoms with van der Waals surface area (Å²) in [6.45, 7) is 6.90. The van der Waals surface area contributed by atoms with Crippen LogP contribution in [0.3, 0.4) is 0 Å². The molecule has 0 aliphatic rings. The number of rotatable bonds is 10. The molecule has 1 amide bonds. The van der Waals surface area contributed by atoms with Crippen molar-refractivity contribution < 1.29 is 14.3 Å². The van der Waals surface area contributed by atoms with Gasteiger partial charge in [0.1, 0.15) is 10.8 Å². The molecular formula is C19H25N3O3S. The topological polar surface area (TPSA) is 81.2 Å². The van der Waals surface area contributed by atoms with Gasteiger partial charge in [-0.1, -0.05) is 32.1 Å². The number of nitrogens with one attached hydrogen (secondary N) is 1. The number of hydrogen-bond acceptors (Lipinski definition) is 6. The van der Waals surface area contributed by atoms with Gasteiger partial charge in [-0.2, -0.15) is 0 Å². The van der Waals surface area contributed by atoms with Crippen LogP contribution in [-0.4, -0.2) is 28.5 Å². The fourth-order valence-corrected chi connectivity index (χ4v) is 3.21. The molecule has 1 heterocycles. The Labute approximate surface area is 158 Å². The minimum Gasteiger partial charge on any atom is -0.494 e. The van der Waals surface area contributed by atoms with Crippen LogP contribution in [0.2, 0.25) is 0 Å². The number of carbonyl (C=O) groups is 2. The Bertz CT molecular complexity index is 726. The second-order valence-corrected chi connectivity index (χ2v) is 7.51. The summed E-state index contributed by atoms with van der Waals surface area (Å²) in [4.78, 5) is 24.2. The standard InChI is InChI=1S/C19H25N3O3S/c1-4-11-25-15-7-5-14(6-8-15)16(23)9-10-17(24)20-19-22-21-18(26-19)12-13(2)3/h5-8,13H,4,9-12H2,1-3H3,(H,20,22,24).